The maximum Gasteiger partial charge on any atom is 0.310 e. The fourth-order valence-electron chi connectivity index (χ4n) is 2.14. The predicted molar refractivity (Wildman–Crippen MR) is 66.0 cm³/mol. The maximum atomic E-state index is 11.9. The van der Waals surface area contributed by atoms with Crippen LogP contribution in [0.25, 0.3) is 0 Å². The van der Waals surface area contributed by atoms with E-state index in [0.717, 1.165) is 0 Å². The largest absolute Gasteiger partial charge is 0.465 e. The van der Waals surface area contributed by atoms with Crippen LogP contribution in [-0.2, 0) is 9.53 Å². The van der Waals surface area contributed by atoms with Gasteiger partial charge < -0.3 is 4.74 Å². The SMILES string of the molecule is CC(C)=C[C@H]1[C@H](C(=O)OCC(C)C)C1(C)C. The molecule has 0 aromatic carbocycles. The van der Waals surface area contributed by atoms with E-state index in [1.807, 2.05) is 0 Å². The van der Waals surface area contributed by atoms with Gasteiger partial charge in [-0.25, -0.2) is 0 Å². The number of rotatable bonds is 4. The molecule has 1 aliphatic rings. The first-order chi connectivity index (χ1) is 7.26. The third-order valence-corrected chi connectivity index (χ3v) is 3.24. The van der Waals surface area contributed by atoms with Gasteiger partial charge in [0.05, 0.1) is 12.5 Å². The van der Waals surface area contributed by atoms with Crippen molar-refractivity contribution >= 4 is 5.97 Å². The molecular weight excluding hydrogens is 200 g/mol. The lowest BCUT2D eigenvalue weighted by atomic mass is 10.1. The Morgan fingerprint density at radius 1 is 1.38 bits per heavy atom. The highest BCUT2D eigenvalue weighted by atomic mass is 16.5. The number of ether oxygens (including phenoxy) is 1. The second-order valence-corrected chi connectivity index (χ2v) is 6.09. The Morgan fingerprint density at radius 3 is 2.38 bits per heavy atom. The maximum absolute atomic E-state index is 11.9. The van der Waals surface area contributed by atoms with Crippen LogP contribution in [0.1, 0.15) is 41.5 Å². The van der Waals surface area contributed by atoms with Crippen molar-refractivity contribution in [3.05, 3.63) is 11.6 Å². The average molecular weight is 224 g/mol. The highest BCUT2D eigenvalue weighted by molar-refractivity contribution is 5.78. The number of carbonyl (C=O) groups is 1. The summed E-state index contributed by atoms with van der Waals surface area (Å²) in [6, 6.07) is 0. The molecule has 0 unspecified atom stereocenters. The highest BCUT2D eigenvalue weighted by Gasteiger charge is 2.61. The van der Waals surface area contributed by atoms with Gasteiger partial charge in [-0.05, 0) is 31.1 Å². The third kappa shape index (κ3) is 2.87. The van der Waals surface area contributed by atoms with Crippen molar-refractivity contribution in [2.45, 2.75) is 41.5 Å². The highest BCUT2D eigenvalue weighted by Crippen LogP contribution is 2.59. The number of allylic oxidation sites excluding steroid dienone is 2. The summed E-state index contributed by atoms with van der Waals surface area (Å²) in [6.07, 6.45) is 2.20. The van der Waals surface area contributed by atoms with Crippen LogP contribution in [0, 0.1) is 23.2 Å². The van der Waals surface area contributed by atoms with Crippen LogP contribution < -0.4 is 0 Å². The number of hydrogen-bond acceptors (Lipinski definition) is 2. The van der Waals surface area contributed by atoms with Gasteiger partial charge in [-0.2, -0.15) is 0 Å². The summed E-state index contributed by atoms with van der Waals surface area (Å²) < 4.78 is 5.31. The van der Waals surface area contributed by atoms with E-state index in [2.05, 4.69) is 47.6 Å². The lowest BCUT2D eigenvalue weighted by Crippen LogP contribution is -2.14. The summed E-state index contributed by atoms with van der Waals surface area (Å²) in [5.41, 5.74) is 1.35. The Balaban J connectivity index is 2.56. The van der Waals surface area contributed by atoms with E-state index >= 15 is 0 Å². The topological polar surface area (TPSA) is 26.3 Å². The Bertz CT molecular complexity index is 296. The molecule has 0 radical (unpaired) electrons. The lowest BCUT2D eigenvalue weighted by Gasteiger charge is -2.07. The summed E-state index contributed by atoms with van der Waals surface area (Å²) in [4.78, 5) is 11.9. The van der Waals surface area contributed by atoms with Gasteiger partial charge in [0, 0.05) is 0 Å². The van der Waals surface area contributed by atoms with Crippen molar-refractivity contribution < 1.29 is 9.53 Å². The molecule has 0 amide bonds. The first kappa shape index (κ1) is 13.3. The van der Waals surface area contributed by atoms with Gasteiger partial charge in [0.25, 0.3) is 0 Å². The van der Waals surface area contributed by atoms with Gasteiger partial charge in [-0.1, -0.05) is 39.3 Å². The smallest absolute Gasteiger partial charge is 0.310 e. The Labute approximate surface area is 99.1 Å². The summed E-state index contributed by atoms with van der Waals surface area (Å²) in [7, 11) is 0. The van der Waals surface area contributed by atoms with E-state index in [4.69, 9.17) is 4.74 Å². The van der Waals surface area contributed by atoms with Gasteiger partial charge in [0.1, 0.15) is 0 Å². The second kappa shape index (κ2) is 4.60. The molecule has 0 bridgehead atoms. The summed E-state index contributed by atoms with van der Waals surface area (Å²) in [5.74, 6) is 0.798. The molecule has 92 valence electrons. The average Bonchev–Trinajstić information content (AvgIpc) is 2.63. The quantitative estimate of drug-likeness (QED) is 0.540. The van der Waals surface area contributed by atoms with Crippen LogP contribution >= 0.6 is 0 Å². The Hall–Kier alpha value is -0.790. The normalized spacial score (nSPS) is 26.4. The summed E-state index contributed by atoms with van der Waals surface area (Å²) in [6.45, 7) is 13.1. The van der Waals surface area contributed by atoms with Gasteiger partial charge in [0.2, 0.25) is 0 Å². The molecule has 2 heteroatoms. The molecule has 0 saturated heterocycles. The zero-order valence-corrected chi connectivity index (χ0v) is 11.3. The minimum absolute atomic E-state index is 0.0267. The zero-order chi connectivity index (χ0) is 12.5. The molecule has 1 aliphatic carbocycles. The molecule has 0 N–H and O–H groups in total. The van der Waals surface area contributed by atoms with Crippen LogP contribution in [0.15, 0.2) is 11.6 Å². The Kier molecular flexibility index (Phi) is 3.82. The molecule has 2 nitrogen and oxygen atoms in total. The first-order valence-corrected chi connectivity index (χ1v) is 6.08. The predicted octanol–water partition coefficient (Wildman–Crippen LogP) is 3.42. The van der Waals surface area contributed by atoms with Crippen LogP contribution in [0.2, 0.25) is 0 Å². The molecule has 1 saturated carbocycles. The molecule has 16 heavy (non-hydrogen) atoms. The van der Waals surface area contributed by atoms with Crippen molar-refractivity contribution in [2.24, 2.45) is 23.2 Å². The number of carbonyl (C=O) groups excluding carboxylic acids is 1. The molecule has 1 fully saturated rings. The molecule has 0 heterocycles. The lowest BCUT2D eigenvalue weighted by molar-refractivity contribution is -0.147. The van der Waals surface area contributed by atoms with E-state index in [9.17, 15) is 4.79 Å². The van der Waals surface area contributed by atoms with Crippen molar-refractivity contribution in [2.75, 3.05) is 6.61 Å². The molecule has 0 aliphatic heterocycles. The monoisotopic (exact) mass is 224 g/mol. The summed E-state index contributed by atoms with van der Waals surface area (Å²) in [5, 5.41) is 0. The van der Waals surface area contributed by atoms with Crippen LogP contribution in [-0.4, -0.2) is 12.6 Å². The molecule has 0 aromatic heterocycles. The molecule has 0 spiro atoms. The van der Waals surface area contributed by atoms with E-state index < -0.39 is 0 Å². The second-order valence-electron chi connectivity index (χ2n) is 6.09. The van der Waals surface area contributed by atoms with Crippen molar-refractivity contribution in [3.8, 4) is 0 Å². The standard InChI is InChI=1S/C14H24O2/c1-9(2)7-11-12(14(11,5)6)13(15)16-8-10(3)4/h7,10-12H,8H2,1-6H3/t11-,12+/m0/s1. The van der Waals surface area contributed by atoms with Crippen molar-refractivity contribution in [3.63, 3.8) is 0 Å². The van der Waals surface area contributed by atoms with Crippen LogP contribution in [0.5, 0.6) is 0 Å². The van der Waals surface area contributed by atoms with Gasteiger partial charge in [0.15, 0.2) is 0 Å². The Morgan fingerprint density at radius 2 is 1.94 bits per heavy atom. The van der Waals surface area contributed by atoms with Crippen molar-refractivity contribution in [1.29, 1.82) is 0 Å². The molecule has 1 rings (SSSR count). The zero-order valence-electron chi connectivity index (χ0n) is 11.3. The van der Waals surface area contributed by atoms with E-state index in [1.54, 1.807) is 0 Å². The fourth-order valence-corrected chi connectivity index (χ4v) is 2.14. The molecular formula is C14H24O2. The number of hydrogen-bond donors (Lipinski definition) is 0. The fraction of sp³-hybridized carbons (Fsp3) is 0.786. The van der Waals surface area contributed by atoms with E-state index in [0.29, 0.717) is 18.4 Å². The van der Waals surface area contributed by atoms with Gasteiger partial charge in [-0.15, -0.1) is 0 Å². The first-order valence-electron chi connectivity index (χ1n) is 6.08. The van der Waals surface area contributed by atoms with E-state index in [1.165, 1.54) is 5.57 Å². The molecule has 0 aromatic rings. The van der Waals surface area contributed by atoms with Gasteiger partial charge in [-0.3, -0.25) is 4.79 Å². The minimum atomic E-state index is -0.0267. The van der Waals surface area contributed by atoms with Crippen LogP contribution in [0.3, 0.4) is 0 Å². The van der Waals surface area contributed by atoms with Gasteiger partial charge >= 0.3 is 5.97 Å². The number of esters is 1. The third-order valence-electron chi connectivity index (χ3n) is 3.24. The van der Waals surface area contributed by atoms with Crippen molar-refractivity contribution in [1.82, 2.24) is 0 Å². The van der Waals surface area contributed by atoms with E-state index in [-0.39, 0.29) is 17.3 Å². The van der Waals surface area contributed by atoms with Crippen LogP contribution in [0.4, 0.5) is 0 Å². The minimum Gasteiger partial charge on any atom is -0.465 e. The molecule has 2 atom stereocenters. The summed E-state index contributed by atoms with van der Waals surface area (Å²) >= 11 is 0.